The van der Waals surface area contributed by atoms with E-state index in [2.05, 4.69) is 26.3 Å². The lowest BCUT2D eigenvalue weighted by molar-refractivity contribution is -0.145. The van der Waals surface area contributed by atoms with E-state index in [9.17, 15) is 14.7 Å². The van der Waals surface area contributed by atoms with Crippen LogP contribution in [0.4, 0.5) is 0 Å². The highest BCUT2D eigenvalue weighted by Crippen LogP contribution is 2.52. The minimum absolute atomic E-state index is 0.0995. The largest absolute Gasteiger partial charge is 0.481 e. The van der Waals surface area contributed by atoms with Gasteiger partial charge in [0, 0.05) is 52.9 Å². The molecule has 5 rings (SSSR count). The zero-order valence-electron chi connectivity index (χ0n) is 20.0. The second-order valence-electron chi connectivity index (χ2n) is 10.2. The van der Waals surface area contributed by atoms with Crippen molar-refractivity contribution in [3.63, 3.8) is 0 Å². The van der Waals surface area contributed by atoms with Crippen LogP contribution in [0.15, 0.2) is 42.6 Å². The number of hydrogen-bond acceptors (Lipinski definition) is 5. The summed E-state index contributed by atoms with van der Waals surface area (Å²) in [4.78, 5) is 35.7. The molecule has 36 heavy (non-hydrogen) atoms. The van der Waals surface area contributed by atoms with Gasteiger partial charge >= 0.3 is 5.97 Å². The molecule has 1 aliphatic carbocycles. The second kappa shape index (κ2) is 9.96. The lowest BCUT2D eigenvalue weighted by Gasteiger charge is -2.59. The third-order valence-electron chi connectivity index (χ3n) is 7.41. The van der Waals surface area contributed by atoms with Crippen LogP contribution in [0.5, 0.6) is 0 Å². The average molecular weight is 527 g/mol. The summed E-state index contributed by atoms with van der Waals surface area (Å²) < 4.78 is 0. The Bertz CT molecular complexity index is 1300. The molecule has 2 aromatic heterocycles. The maximum atomic E-state index is 12.9. The van der Waals surface area contributed by atoms with Crippen molar-refractivity contribution in [2.24, 2.45) is 11.3 Å². The van der Waals surface area contributed by atoms with Crippen LogP contribution in [0.25, 0.3) is 11.0 Å². The zero-order chi connectivity index (χ0) is 25.4. The molecule has 1 amide bonds. The summed E-state index contributed by atoms with van der Waals surface area (Å²) in [7, 11) is 0. The van der Waals surface area contributed by atoms with Crippen LogP contribution >= 0.6 is 23.2 Å². The maximum absolute atomic E-state index is 12.9. The van der Waals surface area contributed by atoms with Gasteiger partial charge in [0.2, 0.25) is 5.91 Å². The number of carbonyl (C=O) groups is 2. The van der Waals surface area contributed by atoms with E-state index in [1.165, 1.54) is 5.56 Å². The van der Waals surface area contributed by atoms with E-state index in [4.69, 9.17) is 23.2 Å². The van der Waals surface area contributed by atoms with E-state index in [1.54, 1.807) is 24.4 Å². The SMILES string of the molecule is Cc1nc2ncccc2cc1CCN1CC2(CC(C(=O)NC(CC(=O)O)c3cc(Cl)cc(Cl)c3)C2)C1. The van der Waals surface area contributed by atoms with Crippen molar-refractivity contribution in [3.05, 3.63) is 69.5 Å². The molecular formula is C27H28Cl2N4O3. The number of nitrogens with zero attached hydrogens (tertiary/aromatic N) is 3. The van der Waals surface area contributed by atoms with Gasteiger partial charge in [-0.3, -0.25) is 9.59 Å². The number of benzene rings is 1. The highest BCUT2D eigenvalue weighted by Gasteiger charge is 2.54. The number of carboxylic acids is 1. The molecule has 1 saturated heterocycles. The van der Waals surface area contributed by atoms with Gasteiger partial charge in [0.1, 0.15) is 0 Å². The molecule has 3 aromatic rings. The van der Waals surface area contributed by atoms with Crippen molar-refractivity contribution in [2.45, 2.75) is 38.6 Å². The quantitative estimate of drug-likeness (QED) is 0.436. The number of fused-ring (bicyclic) bond motifs is 1. The lowest BCUT2D eigenvalue weighted by atomic mass is 9.57. The average Bonchev–Trinajstić information content (AvgIpc) is 2.75. The predicted octanol–water partition coefficient (Wildman–Crippen LogP) is 4.83. The van der Waals surface area contributed by atoms with Crippen LogP contribution in [0, 0.1) is 18.3 Å². The molecule has 3 heterocycles. The molecule has 1 atom stereocenters. The fraction of sp³-hybridized carbons (Fsp3) is 0.407. The maximum Gasteiger partial charge on any atom is 0.305 e. The van der Waals surface area contributed by atoms with Crippen molar-refractivity contribution in [1.29, 1.82) is 0 Å². The molecule has 2 N–H and O–H groups in total. The van der Waals surface area contributed by atoms with Crippen LogP contribution in [0.2, 0.25) is 10.0 Å². The van der Waals surface area contributed by atoms with E-state index < -0.39 is 12.0 Å². The number of pyridine rings is 2. The Morgan fingerprint density at radius 2 is 1.92 bits per heavy atom. The van der Waals surface area contributed by atoms with Gasteiger partial charge in [-0.25, -0.2) is 9.97 Å². The second-order valence-corrected chi connectivity index (χ2v) is 11.1. The number of carbonyl (C=O) groups excluding carboxylic acids is 1. The molecule has 188 valence electrons. The van der Waals surface area contributed by atoms with Gasteiger partial charge in [-0.2, -0.15) is 0 Å². The van der Waals surface area contributed by atoms with Gasteiger partial charge in [-0.05, 0) is 79.1 Å². The molecule has 9 heteroatoms. The van der Waals surface area contributed by atoms with E-state index in [0.717, 1.165) is 55.6 Å². The van der Waals surface area contributed by atoms with Crippen LogP contribution in [-0.2, 0) is 16.0 Å². The summed E-state index contributed by atoms with van der Waals surface area (Å²) >= 11 is 12.2. The Morgan fingerprint density at radius 1 is 1.19 bits per heavy atom. The first-order chi connectivity index (χ1) is 17.2. The van der Waals surface area contributed by atoms with Gasteiger partial charge < -0.3 is 15.3 Å². The number of aromatic nitrogens is 2. The van der Waals surface area contributed by atoms with Crippen molar-refractivity contribution in [3.8, 4) is 0 Å². The highest BCUT2D eigenvalue weighted by atomic mass is 35.5. The summed E-state index contributed by atoms with van der Waals surface area (Å²) in [5.41, 5.74) is 3.84. The Hall–Kier alpha value is -2.74. The first-order valence-electron chi connectivity index (χ1n) is 12.1. The molecule has 7 nitrogen and oxygen atoms in total. The molecule has 0 radical (unpaired) electrons. The number of amides is 1. The van der Waals surface area contributed by atoms with Gasteiger partial charge in [-0.15, -0.1) is 0 Å². The van der Waals surface area contributed by atoms with Gasteiger partial charge in [-0.1, -0.05) is 23.2 Å². The van der Waals surface area contributed by atoms with E-state index >= 15 is 0 Å². The number of carboxylic acid groups (broad SMARTS) is 1. The number of rotatable bonds is 8. The first kappa shape index (κ1) is 24.9. The molecular weight excluding hydrogens is 499 g/mol. The lowest BCUT2D eigenvalue weighted by Crippen LogP contribution is -2.64. The minimum Gasteiger partial charge on any atom is -0.481 e. The fourth-order valence-corrected chi connectivity index (χ4v) is 6.20. The summed E-state index contributed by atoms with van der Waals surface area (Å²) in [6.07, 6.45) is 4.12. The number of nitrogens with one attached hydrogen (secondary N) is 1. The number of aryl methyl sites for hydroxylation is 1. The van der Waals surface area contributed by atoms with E-state index in [-0.39, 0.29) is 23.7 Å². The predicted molar refractivity (Wildman–Crippen MR) is 139 cm³/mol. The molecule has 2 fully saturated rings. The Morgan fingerprint density at radius 3 is 2.61 bits per heavy atom. The summed E-state index contributed by atoms with van der Waals surface area (Å²) in [6, 6.07) is 10.4. The molecule has 1 unspecified atom stereocenters. The summed E-state index contributed by atoms with van der Waals surface area (Å²) in [6.45, 7) is 4.97. The standard InChI is InChI=1S/C27H28Cl2N4O3/c1-16-17(7-18-3-2-5-30-25(18)31-16)4-6-33-14-27(15-33)12-20(13-27)26(36)32-23(11-24(34)35)19-8-21(28)10-22(29)9-19/h2-3,5,7-10,20,23H,4,6,11-15H2,1H3,(H,32,36)(H,34,35). The Labute approximate surface area is 219 Å². The molecule has 1 spiro atoms. The van der Waals surface area contributed by atoms with Crippen molar-refractivity contribution < 1.29 is 14.7 Å². The molecule has 0 bridgehead atoms. The van der Waals surface area contributed by atoms with E-state index in [1.807, 2.05) is 19.1 Å². The number of likely N-dealkylation sites (tertiary alicyclic amines) is 1. The minimum atomic E-state index is -0.996. The van der Waals surface area contributed by atoms with Gasteiger partial charge in [0.05, 0.1) is 12.5 Å². The number of hydrogen-bond donors (Lipinski definition) is 2. The van der Waals surface area contributed by atoms with E-state index in [0.29, 0.717) is 15.6 Å². The van der Waals surface area contributed by atoms with Crippen molar-refractivity contribution in [2.75, 3.05) is 19.6 Å². The monoisotopic (exact) mass is 526 g/mol. The molecule has 1 aromatic carbocycles. The molecule has 1 aliphatic heterocycles. The molecule has 2 aliphatic rings. The van der Waals surface area contributed by atoms with Crippen molar-refractivity contribution >= 4 is 46.1 Å². The number of halogens is 2. The van der Waals surface area contributed by atoms with Crippen LogP contribution in [-0.4, -0.2) is 51.5 Å². The zero-order valence-corrected chi connectivity index (χ0v) is 21.5. The van der Waals surface area contributed by atoms with Crippen LogP contribution in [0.1, 0.15) is 42.1 Å². The van der Waals surface area contributed by atoms with Crippen LogP contribution in [0.3, 0.4) is 0 Å². The summed E-state index contributed by atoms with van der Waals surface area (Å²) in [5, 5.41) is 14.1. The highest BCUT2D eigenvalue weighted by molar-refractivity contribution is 6.34. The normalized spacial score (nSPS) is 18.0. The number of aliphatic carboxylic acids is 1. The third-order valence-corrected chi connectivity index (χ3v) is 7.85. The fourth-order valence-electron chi connectivity index (χ4n) is 5.65. The first-order valence-corrected chi connectivity index (χ1v) is 12.9. The van der Waals surface area contributed by atoms with Gasteiger partial charge in [0.25, 0.3) is 0 Å². The third kappa shape index (κ3) is 5.33. The van der Waals surface area contributed by atoms with Gasteiger partial charge in [0.15, 0.2) is 5.65 Å². The van der Waals surface area contributed by atoms with Crippen LogP contribution < -0.4 is 5.32 Å². The Kier molecular flexibility index (Phi) is 6.90. The Balaban J connectivity index is 1.12. The summed E-state index contributed by atoms with van der Waals surface area (Å²) in [5.74, 6) is -1.20. The molecule has 1 saturated carbocycles. The van der Waals surface area contributed by atoms with Crippen molar-refractivity contribution in [1.82, 2.24) is 20.2 Å². The smallest absolute Gasteiger partial charge is 0.305 e. The topological polar surface area (TPSA) is 95.4 Å².